The minimum atomic E-state index is -0.121. The number of benzene rings is 1. The van der Waals surface area contributed by atoms with Crippen LogP contribution in [-0.2, 0) is 17.8 Å². The summed E-state index contributed by atoms with van der Waals surface area (Å²) in [6, 6.07) is 17.4. The third-order valence-electron chi connectivity index (χ3n) is 5.19. The molecule has 4 rings (SSSR count). The molecule has 0 N–H and O–H groups in total. The summed E-state index contributed by atoms with van der Waals surface area (Å²) in [5.74, 6) is 0.161. The van der Waals surface area contributed by atoms with Crippen molar-refractivity contribution in [1.82, 2.24) is 14.7 Å². The van der Waals surface area contributed by atoms with E-state index in [1.54, 1.807) is 23.5 Å². The molecule has 3 heterocycles. The van der Waals surface area contributed by atoms with E-state index in [-0.39, 0.29) is 17.5 Å². The van der Waals surface area contributed by atoms with Crippen LogP contribution in [0.15, 0.2) is 64.8 Å². The number of aryl methyl sites for hydroxylation is 1. The summed E-state index contributed by atoms with van der Waals surface area (Å²) in [6.45, 7) is 1.22. The maximum atomic E-state index is 12.8. The normalized spacial score (nSPS) is 16.4. The highest BCUT2D eigenvalue weighted by atomic mass is 32.1. The lowest BCUT2D eigenvalue weighted by Crippen LogP contribution is -2.40. The van der Waals surface area contributed by atoms with Crippen LogP contribution in [0.4, 0.5) is 0 Å². The Morgan fingerprint density at radius 2 is 1.96 bits per heavy atom. The molecule has 1 saturated heterocycles. The van der Waals surface area contributed by atoms with Crippen LogP contribution in [0.1, 0.15) is 24.8 Å². The van der Waals surface area contributed by atoms with Crippen molar-refractivity contribution in [2.75, 3.05) is 6.54 Å². The number of thiophene rings is 1. The monoisotopic (exact) mass is 393 g/mol. The van der Waals surface area contributed by atoms with Gasteiger partial charge in [-0.25, -0.2) is 4.68 Å². The zero-order chi connectivity index (χ0) is 19.3. The molecule has 0 bridgehead atoms. The average Bonchev–Trinajstić information content (AvgIpc) is 3.41. The molecular weight excluding hydrogens is 370 g/mol. The van der Waals surface area contributed by atoms with E-state index >= 15 is 0 Å². The van der Waals surface area contributed by atoms with Gasteiger partial charge >= 0.3 is 0 Å². The molecule has 1 aliphatic heterocycles. The molecule has 5 nitrogen and oxygen atoms in total. The molecule has 1 fully saturated rings. The van der Waals surface area contributed by atoms with Crippen molar-refractivity contribution in [2.24, 2.45) is 0 Å². The molecule has 0 aliphatic carbocycles. The molecule has 6 heteroatoms. The third-order valence-corrected chi connectivity index (χ3v) is 6.08. The van der Waals surface area contributed by atoms with Crippen LogP contribution in [0.25, 0.3) is 10.6 Å². The molecule has 3 aromatic rings. The van der Waals surface area contributed by atoms with Crippen LogP contribution in [-0.4, -0.2) is 33.2 Å². The van der Waals surface area contributed by atoms with Gasteiger partial charge in [0.1, 0.15) is 5.69 Å². The molecule has 1 aliphatic rings. The first kappa shape index (κ1) is 18.6. The SMILES string of the molecule is O=C(CCc1ccccc1)N1CCC[C@@H]1Cn1nc(-c2cccs2)ccc1=O. The summed E-state index contributed by atoms with van der Waals surface area (Å²) < 4.78 is 1.52. The molecule has 0 unspecified atom stereocenters. The van der Waals surface area contributed by atoms with Crippen molar-refractivity contribution in [3.63, 3.8) is 0 Å². The predicted molar refractivity (Wildman–Crippen MR) is 111 cm³/mol. The Labute approximate surface area is 168 Å². The van der Waals surface area contributed by atoms with Crippen molar-refractivity contribution in [1.29, 1.82) is 0 Å². The van der Waals surface area contributed by atoms with Gasteiger partial charge in [-0.15, -0.1) is 11.3 Å². The fraction of sp³-hybridized carbons (Fsp3) is 0.318. The zero-order valence-electron chi connectivity index (χ0n) is 15.7. The Kier molecular flexibility index (Phi) is 5.67. The number of hydrogen-bond acceptors (Lipinski definition) is 4. The fourth-order valence-electron chi connectivity index (χ4n) is 3.73. The van der Waals surface area contributed by atoms with Crippen molar-refractivity contribution in [3.8, 4) is 10.6 Å². The maximum Gasteiger partial charge on any atom is 0.266 e. The van der Waals surface area contributed by atoms with Crippen LogP contribution in [0.5, 0.6) is 0 Å². The molecule has 144 valence electrons. The smallest absolute Gasteiger partial charge is 0.266 e. The predicted octanol–water partition coefficient (Wildman–Crippen LogP) is 3.60. The lowest BCUT2D eigenvalue weighted by Gasteiger charge is -2.25. The van der Waals surface area contributed by atoms with Crippen LogP contribution in [0, 0.1) is 0 Å². The van der Waals surface area contributed by atoms with E-state index in [2.05, 4.69) is 5.10 Å². The minimum absolute atomic E-state index is 0.0343. The second-order valence-corrected chi connectivity index (χ2v) is 8.03. The second kappa shape index (κ2) is 8.52. The minimum Gasteiger partial charge on any atom is -0.338 e. The van der Waals surface area contributed by atoms with Gasteiger partial charge in [-0.1, -0.05) is 36.4 Å². The average molecular weight is 394 g/mol. The van der Waals surface area contributed by atoms with Gasteiger partial charge in [0.15, 0.2) is 0 Å². The molecule has 2 aromatic heterocycles. The summed E-state index contributed by atoms with van der Waals surface area (Å²) in [5, 5.41) is 6.54. The summed E-state index contributed by atoms with van der Waals surface area (Å²) in [5.41, 5.74) is 1.85. The number of amides is 1. The van der Waals surface area contributed by atoms with Crippen LogP contribution < -0.4 is 5.56 Å². The summed E-state index contributed by atoms with van der Waals surface area (Å²) in [7, 11) is 0. The lowest BCUT2D eigenvalue weighted by molar-refractivity contribution is -0.132. The van der Waals surface area contributed by atoms with Gasteiger partial charge < -0.3 is 4.90 Å². The highest BCUT2D eigenvalue weighted by Crippen LogP contribution is 2.23. The summed E-state index contributed by atoms with van der Waals surface area (Å²) >= 11 is 1.60. The van der Waals surface area contributed by atoms with E-state index in [1.807, 2.05) is 52.7 Å². The highest BCUT2D eigenvalue weighted by molar-refractivity contribution is 7.13. The Balaban J connectivity index is 1.44. The highest BCUT2D eigenvalue weighted by Gasteiger charge is 2.29. The second-order valence-electron chi connectivity index (χ2n) is 7.09. The van der Waals surface area contributed by atoms with E-state index in [4.69, 9.17) is 0 Å². The lowest BCUT2D eigenvalue weighted by atomic mass is 10.1. The fourth-order valence-corrected chi connectivity index (χ4v) is 4.42. The van der Waals surface area contributed by atoms with E-state index < -0.39 is 0 Å². The van der Waals surface area contributed by atoms with Gasteiger partial charge in [0.05, 0.1) is 17.5 Å². The van der Waals surface area contributed by atoms with Gasteiger partial charge in [-0.3, -0.25) is 9.59 Å². The number of carbonyl (C=O) groups excluding carboxylic acids is 1. The van der Waals surface area contributed by atoms with E-state index in [9.17, 15) is 9.59 Å². The van der Waals surface area contributed by atoms with Crippen molar-refractivity contribution >= 4 is 17.2 Å². The number of hydrogen-bond donors (Lipinski definition) is 0. The van der Waals surface area contributed by atoms with Crippen molar-refractivity contribution in [2.45, 2.75) is 38.3 Å². The van der Waals surface area contributed by atoms with Gasteiger partial charge in [0.2, 0.25) is 5.91 Å². The maximum absolute atomic E-state index is 12.8. The first-order chi connectivity index (χ1) is 13.7. The Morgan fingerprint density at radius 3 is 2.75 bits per heavy atom. The van der Waals surface area contributed by atoms with Crippen LogP contribution >= 0.6 is 11.3 Å². The van der Waals surface area contributed by atoms with E-state index in [0.29, 0.717) is 13.0 Å². The number of rotatable bonds is 6. The first-order valence-corrected chi connectivity index (χ1v) is 10.5. The van der Waals surface area contributed by atoms with Gasteiger partial charge in [-0.05, 0) is 42.3 Å². The Hall–Kier alpha value is -2.73. The number of aromatic nitrogens is 2. The molecule has 1 amide bonds. The molecule has 1 aromatic carbocycles. The Morgan fingerprint density at radius 1 is 1.11 bits per heavy atom. The molecule has 0 spiro atoms. The van der Waals surface area contributed by atoms with E-state index in [0.717, 1.165) is 36.4 Å². The zero-order valence-corrected chi connectivity index (χ0v) is 16.5. The molecule has 0 radical (unpaired) electrons. The Bertz CT molecular complexity index is 983. The summed E-state index contributed by atoms with van der Waals surface area (Å²) in [4.78, 5) is 28.1. The molecule has 0 saturated carbocycles. The molecular formula is C22H23N3O2S. The van der Waals surface area contributed by atoms with Crippen LogP contribution in [0.2, 0.25) is 0 Å². The largest absolute Gasteiger partial charge is 0.338 e. The molecule has 28 heavy (non-hydrogen) atoms. The van der Waals surface area contributed by atoms with Crippen LogP contribution in [0.3, 0.4) is 0 Å². The van der Waals surface area contributed by atoms with Crippen molar-refractivity contribution < 1.29 is 4.79 Å². The number of carbonyl (C=O) groups is 1. The molecule has 1 atom stereocenters. The van der Waals surface area contributed by atoms with E-state index in [1.165, 1.54) is 10.2 Å². The quantitative estimate of drug-likeness (QED) is 0.643. The van der Waals surface area contributed by atoms with Gasteiger partial charge in [0, 0.05) is 19.0 Å². The van der Waals surface area contributed by atoms with Crippen molar-refractivity contribution in [3.05, 3.63) is 75.9 Å². The first-order valence-electron chi connectivity index (χ1n) is 9.66. The van der Waals surface area contributed by atoms with Gasteiger partial charge in [0.25, 0.3) is 5.56 Å². The number of likely N-dealkylation sites (tertiary alicyclic amines) is 1. The van der Waals surface area contributed by atoms with Gasteiger partial charge in [-0.2, -0.15) is 5.10 Å². The standard InChI is InChI=1S/C22H23N3O2S/c26-21(12-10-17-6-2-1-3-7-17)24-14-4-8-18(24)16-25-22(27)13-11-19(23-25)20-9-5-15-28-20/h1-3,5-7,9,11,13,15,18H,4,8,10,12,14,16H2/t18-/m1/s1. The topological polar surface area (TPSA) is 55.2 Å². The summed E-state index contributed by atoms with van der Waals surface area (Å²) in [6.07, 6.45) is 3.13. The third kappa shape index (κ3) is 4.22. The number of nitrogens with zero attached hydrogens (tertiary/aromatic N) is 3.